The van der Waals surface area contributed by atoms with E-state index in [1.54, 1.807) is 4.68 Å². The molecule has 5 nitrogen and oxygen atoms in total. The van der Waals surface area contributed by atoms with Gasteiger partial charge in [-0.15, -0.1) is 5.10 Å². The van der Waals surface area contributed by atoms with Crippen LogP contribution in [-0.4, -0.2) is 28.1 Å². The lowest BCUT2D eigenvalue weighted by Gasteiger charge is -2.06. The summed E-state index contributed by atoms with van der Waals surface area (Å²) in [5, 5.41) is 8.01. The van der Waals surface area contributed by atoms with Crippen LogP contribution >= 0.6 is 0 Å². The Bertz CT molecular complexity index is 573. The molecule has 19 heavy (non-hydrogen) atoms. The summed E-state index contributed by atoms with van der Waals surface area (Å²) in [6.45, 7) is 4.07. The first kappa shape index (κ1) is 13.3. The van der Waals surface area contributed by atoms with Gasteiger partial charge in [-0.3, -0.25) is 0 Å². The van der Waals surface area contributed by atoms with Gasteiger partial charge in [0.25, 0.3) is 0 Å². The second kappa shape index (κ2) is 5.65. The highest BCUT2D eigenvalue weighted by Crippen LogP contribution is 2.16. The van der Waals surface area contributed by atoms with Crippen molar-refractivity contribution in [2.75, 3.05) is 7.11 Å². The Labute approximate surface area is 112 Å². The fourth-order valence-corrected chi connectivity index (χ4v) is 1.91. The van der Waals surface area contributed by atoms with Crippen molar-refractivity contribution in [3.63, 3.8) is 0 Å². The Kier molecular flexibility index (Phi) is 3.94. The van der Waals surface area contributed by atoms with E-state index in [0.717, 1.165) is 24.2 Å². The standard InChI is InChI=1S/C14H17N3O2/c1-4-5-12-13(14(18)19-3)15-16-17(12)11-8-6-10(2)7-9-11/h6-9H,4-5H2,1-3H3. The molecule has 100 valence electrons. The highest BCUT2D eigenvalue weighted by molar-refractivity contribution is 5.88. The van der Waals surface area contributed by atoms with E-state index in [2.05, 4.69) is 10.3 Å². The molecule has 1 heterocycles. The summed E-state index contributed by atoms with van der Waals surface area (Å²) >= 11 is 0. The number of hydrogen-bond donors (Lipinski definition) is 0. The van der Waals surface area contributed by atoms with Crippen LogP contribution < -0.4 is 0 Å². The Morgan fingerprint density at radius 2 is 2.00 bits per heavy atom. The van der Waals surface area contributed by atoms with Crippen LogP contribution in [0.4, 0.5) is 0 Å². The Morgan fingerprint density at radius 3 is 2.58 bits per heavy atom. The van der Waals surface area contributed by atoms with E-state index >= 15 is 0 Å². The Balaban J connectivity index is 2.48. The fourth-order valence-electron chi connectivity index (χ4n) is 1.91. The van der Waals surface area contributed by atoms with Crippen LogP contribution in [0.3, 0.4) is 0 Å². The van der Waals surface area contributed by atoms with Crippen molar-refractivity contribution in [1.82, 2.24) is 15.0 Å². The molecule has 0 N–H and O–H groups in total. The first-order valence-corrected chi connectivity index (χ1v) is 6.27. The smallest absolute Gasteiger partial charge is 0.360 e. The van der Waals surface area contributed by atoms with Gasteiger partial charge in [0.05, 0.1) is 18.5 Å². The van der Waals surface area contributed by atoms with Crippen molar-refractivity contribution in [1.29, 1.82) is 0 Å². The molecular formula is C14H17N3O2. The van der Waals surface area contributed by atoms with Crippen molar-refractivity contribution in [3.8, 4) is 5.69 Å². The molecule has 0 saturated carbocycles. The lowest BCUT2D eigenvalue weighted by molar-refractivity contribution is 0.0592. The highest BCUT2D eigenvalue weighted by atomic mass is 16.5. The van der Waals surface area contributed by atoms with E-state index in [4.69, 9.17) is 4.74 Å². The molecule has 0 spiro atoms. The summed E-state index contributed by atoms with van der Waals surface area (Å²) in [7, 11) is 1.35. The van der Waals surface area contributed by atoms with Gasteiger partial charge in [-0.2, -0.15) is 0 Å². The predicted octanol–water partition coefficient (Wildman–Crippen LogP) is 2.31. The van der Waals surface area contributed by atoms with E-state index in [1.807, 2.05) is 38.1 Å². The summed E-state index contributed by atoms with van der Waals surface area (Å²) in [6.07, 6.45) is 1.63. The summed E-state index contributed by atoms with van der Waals surface area (Å²) in [5.41, 5.74) is 3.16. The maximum Gasteiger partial charge on any atom is 0.360 e. The summed E-state index contributed by atoms with van der Waals surface area (Å²) < 4.78 is 6.44. The third-order valence-electron chi connectivity index (χ3n) is 2.91. The SMILES string of the molecule is CCCc1c(C(=O)OC)nnn1-c1ccc(C)cc1. The van der Waals surface area contributed by atoms with Gasteiger partial charge in [0.1, 0.15) is 0 Å². The number of carbonyl (C=O) groups is 1. The number of rotatable bonds is 4. The minimum Gasteiger partial charge on any atom is -0.464 e. The molecular weight excluding hydrogens is 242 g/mol. The molecule has 1 aromatic carbocycles. The largest absolute Gasteiger partial charge is 0.464 e. The van der Waals surface area contributed by atoms with E-state index in [0.29, 0.717) is 5.69 Å². The Morgan fingerprint density at radius 1 is 1.32 bits per heavy atom. The second-order valence-corrected chi connectivity index (χ2v) is 4.37. The van der Waals surface area contributed by atoms with Crippen LogP contribution in [0.2, 0.25) is 0 Å². The topological polar surface area (TPSA) is 57.0 Å². The molecule has 2 rings (SSSR count). The third-order valence-corrected chi connectivity index (χ3v) is 2.91. The van der Waals surface area contributed by atoms with Gasteiger partial charge in [-0.25, -0.2) is 9.48 Å². The van der Waals surface area contributed by atoms with Gasteiger partial charge < -0.3 is 4.74 Å². The van der Waals surface area contributed by atoms with Crippen molar-refractivity contribution in [2.45, 2.75) is 26.7 Å². The van der Waals surface area contributed by atoms with Gasteiger partial charge in [0.2, 0.25) is 0 Å². The average molecular weight is 259 g/mol. The number of aryl methyl sites for hydroxylation is 1. The van der Waals surface area contributed by atoms with Crippen molar-refractivity contribution >= 4 is 5.97 Å². The predicted molar refractivity (Wildman–Crippen MR) is 71.4 cm³/mol. The molecule has 0 atom stereocenters. The number of ether oxygens (including phenoxy) is 1. The summed E-state index contributed by atoms with van der Waals surface area (Å²) in [4.78, 5) is 11.7. The van der Waals surface area contributed by atoms with E-state index in [9.17, 15) is 4.79 Å². The maximum absolute atomic E-state index is 11.7. The normalized spacial score (nSPS) is 10.5. The minimum absolute atomic E-state index is 0.296. The molecule has 0 aliphatic heterocycles. The molecule has 2 aromatic rings. The molecule has 0 aliphatic rings. The lowest BCUT2D eigenvalue weighted by Crippen LogP contribution is -2.08. The average Bonchev–Trinajstić information content (AvgIpc) is 2.83. The summed E-state index contributed by atoms with van der Waals surface area (Å²) in [6, 6.07) is 7.93. The van der Waals surface area contributed by atoms with E-state index in [-0.39, 0.29) is 0 Å². The molecule has 0 unspecified atom stereocenters. The monoisotopic (exact) mass is 259 g/mol. The van der Waals surface area contributed by atoms with Gasteiger partial charge in [0.15, 0.2) is 5.69 Å². The number of carbonyl (C=O) groups excluding carboxylic acids is 1. The van der Waals surface area contributed by atoms with Crippen LogP contribution in [0, 0.1) is 6.92 Å². The zero-order chi connectivity index (χ0) is 13.8. The molecule has 0 saturated heterocycles. The third kappa shape index (κ3) is 2.65. The van der Waals surface area contributed by atoms with Crippen LogP contribution in [0.1, 0.15) is 35.1 Å². The maximum atomic E-state index is 11.7. The zero-order valence-electron chi connectivity index (χ0n) is 11.4. The molecule has 0 radical (unpaired) electrons. The van der Waals surface area contributed by atoms with Gasteiger partial charge >= 0.3 is 5.97 Å². The molecule has 0 aliphatic carbocycles. The minimum atomic E-state index is -0.443. The van der Waals surface area contributed by atoms with Crippen LogP contribution in [0.25, 0.3) is 5.69 Å². The van der Waals surface area contributed by atoms with E-state index < -0.39 is 5.97 Å². The van der Waals surface area contributed by atoms with Crippen LogP contribution in [0.5, 0.6) is 0 Å². The fraction of sp³-hybridized carbons (Fsp3) is 0.357. The number of benzene rings is 1. The number of esters is 1. The highest BCUT2D eigenvalue weighted by Gasteiger charge is 2.20. The van der Waals surface area contributed by atoms with Crippen LogP contribution in [0.15, 0.2) is 24.3 Å². The Hall–Kier alpha value is -2.17. The van der Waals surface area contributed by atoms with Gasteiger partial charge in [0, 0.05) is 0 Å². The quantitative estimate of drug-likeness (QED) is 0.791. The summed E-state index contributed by atoms with van der Waals surface area (Å²) in [5.74, 6) is -0.443. The van der Waals surface area contributed by atoms with E-state index in [1.165, 1.54) is 12.7 Å². The first-order chi connectivity index (χ1) is 9.17. The van der Waals surface area contributed by atoms with Crippen LogP contribution in [-0.2, 0) is 11.2 Å². The second-order valence-electron chi connectivity index (χ2n) is 4.37. The number of aromatic nitrogens is 3. The first-order valence-electron chi connectivity index (χ1n) is 6.27. The molecule has 0 amide bonds. The number of hydrogen-bond acceptors (Lipinski definition) is 4. The van der Waals surface area contributed by atoms with Gasteiger partial charge in [-0.05, 0) is 25.5 Å². The number of nitrogens with zero attached hydrogens (tertiary/aromatic N) is 3. The molecule has 0 fully saturated rings. The van der Waals surface area contributed by atoms with Crippen molar-refractivity contribution in [3.05, 3.63) is 41.2 Å². The van der Waals surface area contributed by atoms with Crippen molar-refractivity contribution in [2.24, 2.45) is 0 Å². The molecule has 5 heteroatoms. The van der Waals surface area contributed by atoms with Crippen molar-refractivity contribution < 1.29 is 9.53 Å². The zero-order valence-corrected chi connectivity index (χ0v) is 11.4. The number of methoxy groups -OCH3 is 1. The van der Waals surface area contributed by atoms with Gasteiger partial charge in [-0.1, -0.05) is 36.3 Å². The lowest BCUT2D eigenvalue weighted by atomic mass is 10.2. The molecule has 1 aromatic heterocycles. The molecule has 0 bridgehead atoms.